The highest BCUT2D eigenvalue weighted by Gasteiger charge is 2.20. The van der Waals surface area contributed by atoms with Gasteiger partial charge in [-0.2, -0.15) is 0 Å². The van der Waals surface area contributed by atoms with Crippen LogP contribution < -0.4 is 5.32 Å². The van der Waals surface area contributed by atoms with Gasteiger partial charge in [0, 0.05) is 28.7 Å². The van der Waals surface area contributed by atoms with Crippen molar-refractivity contribution in [3.63, 3.8) is 0 Å². The number of thiazole rings is 1. The standard InChI is InChI=1S/C16H22N2OS/c1-4-16(3,11-19)18-10-14-9-17-15(20-14)13-7-5-12(2)6-8-13/h5-9,18-19H,4,10-11H2,1-3H3. The Labute approximate surface area is 124 Å². The van der Waals surface area contributed by atoms with Gasteiger partial charge >= 0.3 is 0 Å². The van der Waals surface area contributed by atoms with E-state index in [-0.39, 0.29) is 12.1 Å². The molecule has 0 fully saturated rings. The normalized spacial score (nSPS) is 14.2. The second kappa shape index (κ2) is 6.48. The van der Waals surface area contributed by atoms with Gasteiger partial charge in [-0.25, -0.2) is 4.98 Å². The van der Waals surface area contributed by atoms with Gasteiger partial charge in [-0.1, -0.05) is 36.8 Å². The third-order valence-corrected chi connectivity index (χ3v) is 4.72. The molecule has 0 saturated heterocycles. The Balaban J connectivity index is 2.04. The Hall–Kier alpha value is -1.23. The van der Waals surface area contributed by atoms with Gasteiger partial charge in [-0.05, 0) is 20.3 Å². The zero-order chi connectivity index (χ0) is 14.6. The van der Waals surface area contributed by atoms with Crippen LogP contribution in [0.2, 0.25) is 0 Å². The summed E-state index contributed by atoms with van der Waals surface area (Å²) in [4.78, 5) is 5.67. The van der Waals surface area contributed by atoms with E-state index in [0.717, 1.165) is 23.5 Å². The molecule has 1 atom stereocenters. The molecule has 1 unspecified atom stereocenters. The molecule has 1 heterocycles. The molecule has 1 aromatic carbocycles. The van der Waals surface area contributed by atoms with E-state index in [1.54, 1.807) is 11.3 Å². The van der Waals surface area contributed by atoms with Crippen molar-refractivity contribution in [1.82, 2.24) is 10.3 Å². The van der Waals surface area contributed by atoms with Gasteiger partial charge in [-0.3, -0.25) is 0 Å². The molecular weight excluding hydrogens is 268 g/mol. The highest BCUT2D eigenvalue weighted by Crippen LogP contribution is 2.25. The molecule has 4 heteroatoms. The van der Waals surface area contributed by atoms with Crippen LogP contribution in [0.25, 0.3) is 10.6 Å². The van der Waals surface area contributed by atoms with Crippen molar-refractivity contribution in [3.05, 3.63) is 40.9 Å². The topological polar surface area (TPSA) is 45.1 Å². The highest BCUT2D eigenvalue weighted by molar-refractivity contribution is 7.15. The molecular formula is C16H22N2OS. The molecule has 0 amide bonds. The van der Waals surface area contributed by atoms with E-state index < -0.39 is 0 Å². The van der Waals surface area contributed by atoms with Crippen LogP contribution in [-0.4, -0.2) is 22.2 Å². The number of aliphatic hydroxyl groups is 1. The van der Waals surface area contributed by atoms with Crippen molar-refractivity contribution in [2.75, 3.05) is 6.61 Å². The number of rotatable bonds is 6. The zero-order valence-electron chi connectivity index (χ0n) is 12.3. The molecule has 2 rings (SSSR count). The van der Waals surface area contributed by atoms with Gasteiger partial charge in [-0.15, -0.1) is 11.3 Å². The van der Waals surface area contributed by atoms with Crippen molar-refractivity contribution in [2.45, 2.75) is 39.3 Å². The Morgan fingerprint density at radius 3 is 2.60 bits per heavy atom. The predicted octanol–water partition coefficient (Wildman–Crippen LogP) is 3.37. The number of aliphatic hydroxyl groups excluding tert-OH is 1. The molecule has 0 radical (unpaired) electrons. The first-order chi connectivity index (χ1) is 9.56. The van der Waals surface area contributed by atoms with E-state index in [9.17, 15) is 5.11 Å². The summed E-state index contributed by atoms with van der Waals surface area (Å²) in [6, 6.07) is 8.42. The summed E-state index contributed by atoms with van der Waals surface area (Å²) in [6.07, 6.45) is 2.81. The van der Waals surface area contributed by atoms with Crippen molar-refractivity contribution < 1.29 is 5.11 Å². The maximum Gasteiger partial charge on any atom is 0.123 e. The summed E-state index contributed by atoms with van der Waals surface area (Å²) in [6.45, 7) is 7.09. The fourth-order valence-electron chi connectivity index (χ4n) is 1.81. The van der Waals surface area contributed by atoms with Crippen LogP contribution in [0.1, 0.15) is 30.7 Å². The summed E-state index contributed by atoms with van der Waals surface area (Å²) < 4.78 is 0. The number of hydrogen-bond acceptors (Lipinski definition) is 4. The number of hydrogen-bond donors (Lipinski definition) is 2. The zero-order valence-corrected chi connectivity index (χ0v) is 13.1. The van der Waals surface area contributed by atoms with Crippen LogP contribution in [0.3, 0.4) is 0 Å². The fourth-order valence-corrected chi connectivity index (χ4v) is 2.67. The fraction of sp³-hybridized carbons (Fsp3) is 0.438. The van der Waals surface area contributed by atoms with Crippen LogP contribution in [0.15, 0.2) is 30.5 Å². The number of aryl methyl sites for hydroxylation is 1. The molecule has 0 aliphatic rings. The summed E-state index contributed by atoms with van der Waals surface area (Å²) in [7, 11) is 0. The van der Waals surface area contributed by atoms with E-state index in [2.05, 4.69) is 48.4 Å². The predicted molar refractivity (Wildman–Crippen MR) is 84.9 cm³/mol. The minimum atomic E-state index is -0.214. The quantitative estimate of drug-likeness (QED) is 0.857. The van der Waals surface area contributed by atoms with E-state index in [1.807, 2.05) is 13.1 Å². The van der Waals surface area contributed by atoms with E-state index in [0.29, 0.717) is 0 Å². The van der Waals surface area contributed by atoms with Crippen LogP contribution in [0.5, 0.6) is 0 Å². The first-order valence-electron chi connectivity index (χ1n) is 6.94. The SMILES string of the molecule is CCC(C)(CO)NCc1cnc(-c2ccc(C)cc2)s1. The third-order valence-electron chi connectivity index (χ3n) is 3.67. The lowest BCUT2D eigenvalue weighted by Gasteiger charge is -2.26. The molecule has 3 nitrogen and oxygen atoms in total. The molecule has 20 heavy (non-hydrogen) atoms. The summed E-state index contributed by atoms with van der Waals surface area (Å²) in [5.74, 6) is 0. The summed E-state index contributed by atoms with van der Waals surface area (Å²) >= 11 is 1.70. The first kappa shape index (κ1) is 15.2. The van der Waals surface area contributed by atoms with Gasteiger partial charge in [0.1, 0.15) is 5.01 Å². The summed E-state index contributed by atoms with van der Waals surface area (Å²) in [5, 5.41) is 13.8. The molecule has 0 saturated carbocycles. The van der Waals surface area contributed by atoms with E-state index in [1.165, 1.54) is 10.4 Å². The van der Waals surface area contributed by atoms with Gasteiger partial charge in [0.2, 0.25) is 0 Å². The van der Waals surface area contributed by atoms with Gasteiger partial charge in [0.25, 0.3) is 0 Å². The molecule has 108 valence electrons. The maximum absolute atomic E-state index is 9.40. The maximum atomic E-state index is 9.40. The number of aromatic nitrogens is 1. The van der Waals surface area contributed by atoms with E-state index >= 15 is 0 Å². The molecule has 2 N–H and O–H groups in total. The van der Waals surface area contributed by atoms with Gasteiger partial charge in [0.15, 0.2) is 0 Å². The minimum absolute atomic E-state index is 0.146. The molecule has 0 spiro atoms. The van der Waals surface area contributed by atoms with Crippen LogP contribution in [0.4, 0.5) is 0 Å². The van der Waals surface area contributed by atoms with Crippen LogP contribution >= 0.6 is 11.3 Å². The molecule has 2 aromatic rings. The summed E-state index contributed by atoms with van der Waals surface area (Å²) in [5.41, 5.74) is 2.20. The lowest BCUT2D eigenvalue weighted by molar-refractivity contribution is 0.169. The molecule has 0 aliphatic heterocycles. The minimum Gasteiger partial charge on any atom is -0.394 e. The molecule has 0 bridgehead atoms. The Kier molecular flexibility index (Phi) is 4.91. The average molecular weight is 290 g/mol. The number of nitrogens with zero attached hydrogens (tertiary/aromatic N) is 1. The van der Waals surface area contributed by atoms with Gasteiger partial charge < -0.3 is 10.4 Å². The van der Waals surface area contributed by atoms with Crippen molar-refractivity contribution in [3.8, 4) is 10.6 Å². The highest BCUT2D eigenvalue weighted by atomic mass is 32.1. The van der Waals surface area contributed by atoms with Crippen molar-refractivity contribution >= 4 is 11.3 Å². The first-order valence-corrected chi connectivity index (χ1v) is 7.75. The van der Waals surface area contributed by atoms with Crippen LogP contribution in [-0.2, 0) is 6.54 Å². The van der Waals surface area contributed by atoms with Crippen molar-refractivity contribution in [2.24, 2.45) is 0 Å². The number of nitrogens with one attached hydrogen (secondary N) is 1. The second-order valence-electron chi connectivity index (χ2n) is 5.42. The lowest BCUT2D eigenvalue weighted by Crippen LogP contribution is -2.44. The second-order valence-corrected chi connectivity index (χ2v) is 6.54. The monoisotopic (exact) mass is 290 g/mol. The molecule has 1 aromatic heterocycles. The Bertz CT molecular complexity index is 544. The molecule has 0 aliphatic carbocycles. The lowest BCUT2D eigenvalue weighted by atomic mass is 10.0. The van der Waals surface area contributed by atoms with E-state index in [4.69, 9.17) is 0 Å². The third kappa shape index (κ3) is 3.66. The Morgan fingerprint density at radius 2 is 2.00 bits per heavy atom. The Morgan fingerprint density at radius 1 is 1.30 bits per heavy atom. The van der Waals surface area contributed by atoms with Crippen molar-refractivity contribution in [1.29, 1.82) is 0 Å². The van der Waals surface area contributed by atoms with Gasteiger partial charge in [0.05, 0.1) is 6.61 Å². The smallest absolute Gasteiger partial charge is 0.123 e. The average Bonchev–Trinajstić information content (AvgIpc) is 2.94. The van der Waals surface area contributed by atoms with Crippen LogP contribution in [0, 0.1) is 6.92 Å². The largest absolute Gasteiger partial charge is 0.394 e. The number of benzene rings is 1.